The Kier molecular flexibility index (Phi) is 2.99. The molecule has 0 spiro atoms. The lowest BCUT2D eigenvalue weighted by Crippen LogP contribution is -2.35. The van der Waals surface area contributed by atoms with Crippen molar-refractivity contribution in [3.63, 3.8) is 0 Å². The first kappa shape index (κ1) is 11.8. The van der Waals surface area contributed by atoms with Gasteiger partial charge in [0.05, 0.1) is 11.7 Å². The SMILES string of the molecule is NC(=O)N1CCCC1c1ccccc1-n1cccc1. The van der Waals surface area contributed by atoms with Crippen molar-refractivity contribution < 1.29 is 4.79 Å². The van der Waals surface area contributed by atoms with E-state index in [-0.39, 0.29) is 12.1 Å². The number of urea groups is 1. The van der Waals surface area contributed by atoms with Crippen LogP contribution >= 0.6 is 0 Å². The summed E-state index contributed by atoms with van der Waals surface area (Å²) in [6, 6.07) is 12.0. The number of nitrogens with two attached hydrogens (primary N) is 1. The largest absolute Gasteiger partial charge is 0.351 e. The van der Waals surface area contributed by atoms with Gasteiger partial charge in [-0.15, -0.1) is 0 Å². The summed E-state index contributed by atoms with van der Waals surface area (Å²) < 4.78 is 2.08. The Morgan fingerprint density at radius 3 is 2.63 bits per heavy atom. The average molecular weight is 255 g/mol. The molecule has 2 amide bonds. The molecule has 3 rings (SSSR count). The molecule has 1 unspecified atom stereocenters. The van der Waals surface area contributed by atoms with Crippen molar-refractivity contribution in [3.05, 3.63) is 54.4 Å². The Balaban J connectivity index is 2.03. The minimum absolute atomic E-state index is 0.0936. The fourth-order valence-corrected chi connectivity index (χ4v) is 2.85. The number of nitrogens with zero attached hydrogens (tertiary/aromatic N) is 2. The summed E-state index contributed by atoms with van der Waals surface area (Å²) in [5.74, 6) is 0. The number of carbonyl (C=O) groups excluding carboxylic acids is 1. The van der Waals surface area contributed by atoms with Crippen molar-refractivity contribution in [2.75, 3.05) is 6.54 Å². The molecule has 1 saturated heterocycles. The second kappa shape index (κ2) is 4.80. The molecule has 1 atom stereocenters. The molecular weight excluding hydrogens is 238 g/mol. The van der Waals surface area contributed by atoms with Crippen LogP contribution in [0, 0.1) is 0 Å². The van der Waals surface area contributed by atoms with Gasteiger partial charge in [-0.1, -0.05) is 18.2 Å². The molecule has 0 bridgehead atoms. The molecule has 1 fully saturated rings. The fraction of sp³-hybridized carbons (Fsp3) is 0.267. The summed E-state index contributed by atoms with van der Waals surface area (Å²) in [5.41, 5.74) is 7.75. The number of likely N-dealkylation sites (tertiary alicyclic amines) is 1. The highest BCUT2D eigenvalue weighted by atomic mass is 16.2. The minimum Gasteiger partial charge on any atom is -0.351 e. The Morgan fingerprint density at radius 2 is 1.89 bits per heavy atom. The van der Waals surface area contributed by atoms with Gasteiger partial charge < -0.3 is 15.2 Å². The zero-order valence-corrected chi connectivity index (χ0v) is 10.7. The van der Waals surface area contributed by atoms with Gasteiger partial charge in [-0.3, -0.25) is 0 Å². The first-order chi connectivity index (χ1) is 9.27. The van der Waals surface area contributed by atoms with Crippen molar-refractivity contribution in [1.29, 1.82) is 0 Å². The third-order valence-electron chi connectivity index (χ3n) is 3.71. The van der Waals surface area contributed by atoms with Gasteiger partial charge in [0.15, 0.2) is 0 Å². The third-order valence-corrected chi connectivity index (χ3v) is 3.71. The van der Waals surface area contributed by atoms with Crippen LogP contribution in [0.2, 0.25) is 0 Å². The van der Waals surface area contributed by atoms with Gasteiger partial charge >= 0.3 is 6.03 Å². The molecule has 2 N–H and O–H groups in total. The first-order valence-corrected chi connectivity index (χ1v) is 6.56. The number of aromatic nitrogens is 1. The van der Waals surface area contributed by atoms with Crippen LogP contribution in [0.15, 0.2) is 48.8 Å². The lowest BCUT2D eigenvalue weighted by atomic mass is 10.0. The van der Waals surface area contributed by atoms with Crippen LogP contribution in [0.25, 0.3) is 5.69 Å². The van der Waals surface area contributed by atoms with Gasteiger partial charge in [0.1, 0.15) is 0 Å². The number of amides is 2. The van der Waals surface area contributed by atoms with Crippen molar-refractivity contribution in [1.82, 2.24) is 9.47 Å². The van der Waals surface area contributed by atoms with E-state index >= 15 is 0 Å². The van der Waals surface area contributed by atoms with Crippen LogP contribution in [0.3, 0.4) is 0 Å². The number of hydrogen-bond acceptors (Lipinski definition) is 1. The van der Waals surface area contributed by atoms with Crippen LogP contribution in [0.1, 0.15) is 24.4 Å². The van der Waals surface area contributed by atoms with Gasteiger partial charge in [0, 0.05) is 18.9 Å². The second-order valence-electron chi connectivity index (χ2n) is 4.84. The molecule has 0 radical (unpaired) electrons. The van der Waals surface area contributed by atoms with E-state index in [4.69, 9.17) is 5.73 Å². The van der Waals surface area contributed by atoms with Crippen molar-refractivity contribution in [3.8, 4) is 5.69 Å². The normalized spacial score (nSPS) is 18.7. The van der Waals surface area contributed by atoms with E-state index in [1.807, 2.05) is 36.7 Å². The van der Waals surface area contributed by atoms with E-state index < -0.39 is 0 Å². The molecule has 19 heavy (non-hydrogen) atoms. The van der Waals surface area contributed by atoms with Gasteiger partial charge in [0.25, 0.3) is 0 Å². The van der Waals surface area contributed by atoms with E-state index in [9.17, 15) is 4.79 Å². The molecule has 98 valence electrons. The summed E-state index contributed by atoms with van der Waals surface area (Å²) in [7, 11) is 0. The Bertz CT molecular complexity index is 577. The number of benzene rings is 1. The van der Waals surface area contributed by atoms with E-state index in [1.165, 1.54) is 0 Å². The van der Waals surface area contributed by atoms with Gasteiger partial charge in [-0.2, -0.15) is 0 Å². The predicted octanol–water partition coefficient (Wildman–Crippen LogP) is 2.69. The van der Waals surface area contributed by atoms with E-state index in [0.29, 0.717) is 0 Å². The lowest BCUT2D eigenvalue weighted by Gasteiger charge is -2.25. The third kappa shape index (κ3) is 2.10. The number of carbonyl (C=O) groups is 1. The molecule has 4 heteroatoms. The Labute approximate surface area is 112 Å². The summed E-state index contributed by atoms with van der Waals surface area (Å²) in [4.78, 5) is 13.3. The van der Waals surface area contributed by atoms with Crippen LogP contribution in [-0.2, 0) is 0 Å². The molecule has 4 nitrogen and oxygen atoms in total. The zero-order valence-electron chi connectivity index (χ0n) is 10.7. The highest BCUT2D eigenvalue weighted by molar-refractivity contribution is 5.73. The van der Waals surface area contributed by atoms with Crippen molar-refractivity contribution in [2.24, 2.45) is 5.73 Å². The van der Waals surface area contributed by atoms with Crippen LogP contribution < -0.4 is 5.73 Å². The molecule has 1 aromatic carbocycles. The van der Waals surface area contributed by atoms with Gasteiger partial charge in [-0.25, -0.2) is 4.79 Å². The summed E-state index contributed by atoms with van der Waals surface area (Å²) in [6.45, 7) is 0.750. The molecule has 2 heterocycles. The number of rotatable bonds is 2. The molecular formula is C15H17N3O. The van der Waals surface area contributed by atoms with Crippen LogP contribution in [0.5, 0.6) is 0 Å². The summed E-state index contributed by atoms with van der Waals surface area (Å²) in [6.07, 6.45) is 6.01. The predicted molar refractivity (Wildman–Crippen MR) is 74.0 cm³/mol. The molecule has 1 aromatic heterocycles. The van der Waals surface area contributed by atoms with E-state index in [0.717, 1.165) is 30.6 Å². The maximum atomic E-state index is 11.5. The van der Waals surface area contributed by atoms with Crippen molar-refractivity contribution >= 4 is 6.03 Å². The fourth-order valence-electron chi connectivity index (χ4n) is 2.85. The first-order valence-electron chi connectivity index (χ1n) is 6.56. The number of hydrogen-bond donors (Lipinski definition) is 1. The smallest absolute Gasteiger partial charge is 0.315 e. The molecule has 0 saturated carbocycles. The minimum atomic E-state index is -0.329. The number of primary amides is 1. The Morgan fingerprint density at radius 1 is 1.16 bits per heavy atom. The Hall–Kier alpha value is -2.23. The van der Waals surface area contributed by atoms with Crippen LogP contribution in [-0.4, -0.2) is 22.0 Å². The topological polar surface area (TPSA) is 51.3 Å². The molecule has 2 aromatic rings. The van der Waals surface area contributed by atoms with Crippen molar-refractivity contribution in [2.45, 2.75) is 18.9 Å². The highest BCUT2D eigenvalue weighted by Crippen LogP contribution is 2.34. The van der Waals surface area contributed by atoms with E-state index in [2.05, 4.69) is 16.7 Å². The average Bonchev–Trinajstić information content (AvgIpc) is 3.10. The molecule has 1 aliphatic heterocycles. The maximum Gasteiger partial charge on any atom is 0.315 e. The highest BCUT2D eigenvalue weighted by Gasteiger charge is 2.30. The van der Waals surface area contributed by atoms with Gasteiger partial charge in [-0.05, 0) is 36.6 Å². The standard InChI is InChI=1S/C15H17N3O/c16-15(19)18-11-5-8-14(18)12-6-1-2-7-13(12)17-9-3-4-10-17/h1-4,6-7,9-10,14H,5,8,11H2,(H2,16,19). The summed E-state index contributed by atoms with van der Waals surface area (Å²) in [5, 5.41) is 0. The second-order valence-corrected chi connectivity index (χ2v) is 4.84. The molecule has 1 aliphatic rings. The monoisotopic (exact) mass is 255 g/mol. The number of para-hydroxylation sites is 1. The van der Waals surface area contributed by atoms with E-state index in [1.54, 1.807) is 4.90 Å². The molecule has 0 aliphatic carbocycles. The summed E-state index contributed by atoms with van der Waals surface area (Å²) >= 11 is 0. The maximum absolute atomic E-state index is 11.5. The lowest BCUT2D eigenvalue weighted by molar-refractivity contribution is 0.203. The quantitative estimate of drug-likeness (QED) is 0.881. The zero-order chi connectivity index (χ0) is 13.2. The van der Waals surface area contributed by atoms with Gasteiger partial charge in [0.2, 0.25) is 0 Å². The van der Waals surface area contributed by atoms with Crippen LogP contribution in [0.4, 0.5) is 4.79 Å².